The molecular weight excluding hydrogens is 400 g/mol. The second-order valence-corrected chi connectivity index (χ2v) is 6.77. The summed E-state index contributed by atoms with van der Waals surface area (Å²) in [6.07, 6.45) is -1.50. The molecule has 0 aliphatic carbocycles. The molecule has 0 aromatic heterocycles. The van der Waals surface area contributed by atoms with E-state index in [-0.39, 0.29) is 12.7 Å². The zero-order chi connectivity index (χ0) is 23.1. The van der Waals surface area contributed by atoms with Gasteiger partial charge in [-0.3, -0.25) is 24.0 Å². The number of hydrogen-bond acceptors (Lipinski definition) is 10. The summed E-state index contributed by atoms with van der Waals surface area (Å²) in [7, 11) is 0. The minimum atomic E-state index is -1.64. The van der Waals surface area contributed by atoms with Crippen LogP contribution in [0.3, 0.4) is 0 Å². The van der Waals surface area contributed by atoms with Crippen LogP contribution in [-0.4, -0.2) is 66.3 Å². The molecule has 0 amide bonds. The summed E-state index contributed by atoms with van der Waals surface area (Å²) in [5.41, 5.74) is 0. The highest BCUT2D eigenvalue weighted by Gasteiger charge is 2.41. The van der Waals surface area contributed by atoms with Crippen molar-refractivity contribution >= 4 is 30.2 Å². The predicted molar refractivity (Wildman–Crippen MR) is 103 cm³/mol. The van der Waals surface area contributed by atoms with Crippen molar-refractivity contribution < 1.29 is 48.0 Å². The van der Waals surface area contributed by atoms with Gasteiger partial charge < -0.3 is 24.1 Å². The third-order valence-corrected chi connectivity index (χ3v) is 3.97. The summed E-state index contributed by atoms with van der Waals surface area (Å²) < 4.78 is 19.8. The van der Waals surface area contributed by atoms with Gasteiger partial charge in [0.1, 0.15) is 12.7 Å². The molecule has 0 heterocycles. The van der Waals surface area contributed by atoms with Gasteiger partial charge in [0.2, 0.25) is 0 Å². The highest BCUT2D eigenvalue weighted by atomic mass is 16.6. The minimum absolute atomic E-state index is 0.159. The van der Waals surface area contributed by atoms with Gasteiger partial charge in [-0.1, -0.05) is 32.6 Å². The van der Waals surface area contributed by atoms with E-state index in [0.717, 1.165) is 46.5 Å². The number of aliphatic hydroxyl groups is 1. The maximum atomic E-state index is 11.9. The van der Waals surface area contributed by atoms with Crippen molar-refractivity contribution in [1.29, 1.82) is 0 Å². The van der Waals surface area contributed by atoms with Crippen molar-refractivity contribution in [2.75, 3.05) is 6.61 Å². The maximum Gasteiger partial charge on any atom is 0.305 e. The zero-order valence-electron chi connectivity index (χ0n) is 18.0. The van der Waals surface area contributed by atoms with Gasteiger partial charge in [0, 0.05) is 27.2 Å². The van der Waals surface area contributed by atoms with Crippen LogP contribution in [0, 0.1) is 0 Å². The maximum absolute atomic E-state index is 11.9. The summed E-state index contributed by atoms with van der Waals surface area (Å²) in [4.78, 5) is 57.4. The molecule has 0 bridgehead atoms. The Balaban J connectivity index is 5.14. The van der Waals surface area contributed by atoms with E-state index < -0.39 is 54.9 Å². The molecule has 0 spiro atoms. The Morgan fingerprint density at radius 1 is 0.833 bits per heavy atom. The van der Waals surface area contributed by atoms with Gasteiger partial charge in [-0.25, -0.2) is 0 Å². The first-order valence-corrected chi connectivity index (χ1v) is 9.92. The highest BCUT2D eigenvalue weighted by Crippen LogP contribution is 2.17. The molecule has 0 unspecified atom stereocenters. The van der Waals surface area contributed by atoms with Gasteiger partial charge >= 0.3 is 23.9 Å². The number of unbranched alkanes of at least 4 members (excludes halogenated alkanes) is 4. The molecule has 1 N–H and O–H groups in total. The molecule has 0 saturated heterocycles. The minimum Gasteiger partial charge on any atom is -0.463 e. The number of carbonyl (C=O) groups is 5. The Morgan fingerprint density at radius 2 is 1.37 bits per heavy atom. The van der Waals surface area contributed by atoms with Crippen molar-refractivity contribution in [3.8, 4) is 0 Å². The average molecular weight is 432 g/mol. The van der Waals surface area contributed by atoms with E-state index in [1.807, 2.05) is 0 Å². The molecule has 0 aromatic carbocycles. The van der Waals surface area contributed by atoms with Crippen LogP contribution < -0.4 is 0 Å². The predicted octanol–water partition coefficient (Wildman–Crippen LogP) is 1.24. The average Bonchev–Trinajstić information content (AvgIpc) is 2.66. The topological polar surface area (TPSA) is 143 Å². The second-order valence-electron chi connectivity index (χ2n) is 6.77. The van der Waals surface area contributed by atoms with E-state index in [2.05, 4.69) is 6.92 Å². The van der Waals surface area contributed by atoms with E-state index in [4.69, 9.17) is 18.9 Å². The highest BCUT2D eigenvalue weighted by molar-refractivity contribution is 5.72. The van der Waals surface area contributed by atoms with Crippen molar-refractivity contribution in [1.82, 2.24) is 0 Å². The fourth-order valence-corrected chi connectivity index (χ4v) is 2.65. The summed E-state index contributed by atoms with van der Waals surface area (Å²) in [6.45, 7) is 4.60. The number of hydrogen-bond donors (Lipinski definition) is 1. The van der Waals surface area contributed by atoms with Crippen molar-refractivity contribution in [3.05, 3.63) is 0 Å². The zero-order valence-corrected chi connectivity index (χ0v) is 18.0. The normalized spacial score (nSPS) is 14.6. The molecular formula is C20H32O10. The van der Waals surface area contributed by atoms with E-state index in [1.165, 1.54) is 0 Å². The quantitative estimate of drug-likeness (QED) is 0.174. The van der Waals surface area contributed by atoms with E-state index in [1.54, 1.807) is 0 Å². The fourth-order valence-electron chi connectivity index (χ4n) is 2.65. The molecule has 172 valence electrons. The van der Waals surface area contributed by atoms with Crippen LogP contribution in [0.1, 0.15) is 66.2 Å². The molecule has 0 rings (SSSR count). The fraction of sp³-hybridized carbons (Fsp3) is 0.750. The first-order valence-electron chi connectivity index (χ1n) is 9.92. The number of esters is 4. The van der Waals surface area contributed by atoms with Gasteiger partial charge in [-0.2, -0.15) is 0 Å². The van der Waals surface area contributed by atoms with Crippen LogP contribution in [0.2, 0.25) is 0 Å². The summed E-state index contributed by atoms with van der Waals surface area (Å²) in [5.74, 6) is -3.13. The first kappa shape index (κ1) is 27.5. The van der Waals surface area contributed by atoms with E-state index in [0.29, 0.717) is 6.42 Å². The van der Waals surface area contributed by atoms with Crippen LogP contribution >= 0.6 is 0 Å². The summed E-state index contributed by atoms with van der Waals surface area (Å²) in [5, 5.41) is 10.4. The van der Waals surface area contributed by atoms with Crippen LogP contribution in [0.25, 0.3) is 0 Å². The number of ether oxygens (including phenoxy) is 4. The molecule has 0 aromatic rings. The van der Waals surface area contributed by atoms with Crippen LogP contribution in [-0.2, 0) is 42.9 Å². The van der Waals surface area contributed by atoms with Gasteiger partial charge in [-0.05, 0) is 6.42 Å². The molecule has 0 fully saturated rings. The third kappa shape index (κ3) is 12.2. The molecule has 0 radical (unpaired) electrons. The third-order valence-electron chi connectivity index (χ3n) is 3.97. The smallest absolute Gasteiger partial charge is 0.305 e. The first-order chi connectivity index (χ1) is 14.1. The monoisotopic (exact) mass is 432 g/mol. The summed E-state index contributed by atoms with van der Waals surface area (Å²) in [6, 6.07) is 0. The van der Waals surface area contributed by atoms with E-state index >= 15 is 0 Å². The van der Waals surface area contributed by atoms with Crippen molar-refractivity contribution in [3.63, 3.8) is 0 Å². The Bertz CT molecular complexity index is 574. The lowest BCUT2D eigenvalue weighted by atomic mass is 10.0. The Hall–Kier alpha value is -2.49. The Labute approximate surface area is 176 Å². The molecule has 0 saturated carbocycles. The Morgan fingerprint density at radius 3 is 1.87 bits per heavy atom. The number of aldehydes is 1. The number of rotatable bonds is 15. The SMILES string of the molecule is CCCCCCCC(=O)OC[C@@H](O)[C@@H](OC(C)=O)[C@H](OC(C)=O)[C@H](C=O)OC(C)=O. The van der Waals surface area contributed by atoms with E-state index in [9.17, 15) is 29.1 Å². The lowest BCUT2D eigenvalue weighted by Gasteiger charge is -2.32. The summed E-state index contributed by atoms with van der Waals surface area (Å²) >= 11 is 0. The largest absolute Gasteiger partial charge is 0.463 e. The van der Waals surface area contributed by atoms with Crippen molar-refractivity contribution in [2.24, 2.45) is 0 Å². The molecule has 10 nitrogen and oxygen atoms in total. The molecule has 0 aliphatic heterocycles. The molecule has 10 heteroatoms. The molecule has 4 atom stereocenters. The number of aliphatic hydroxyl groups excluding tert-OH is 1. The van der Waals surface area contributed by atoms with Crippen LogP contribution in [0.15, 0.2) is 0 Å². The van der Waals surface area contributed by atoms with Gasteiger partial charge in [0.05, 0.1) is 0 Å². The molecule has 0 aliphatic rings. The van der Waals surface area contributed by atoms with Gasteiger partial charge in [0.15, 0.2) is 24.6 Å². The Kier molecular flexibility index (Phi) is 14.1. The van der Waals surface area contributed by atoms with Gasteiger partial charge in [0.25, 0.3) is 0 Å². The molecule has 30 heavy (non-hydrogen) atoms. The second kappa shape index (κ2) is 15.4. The number of carbonyl (C=O) groups excluding carboxylic acids is 5. The lowest BCUT2D eigenvalue weighted by molar-refractivity contribution is -0.195. The lowest BCUT2D eigenvalue weighted by Crippen LogP contribution is -2.52. The van der Waals surface area contributed by atoms with Crippen molar-refractivity contribution in [2.45, 2.75) is 90.6 Å². The standard InChI is InChI=1S/C20H32O10/c1-5-6-7-8-9-10-18(26)27-12-16(25)19(29-14(3)23)20(30-15(4)24)17(11-21)28-13(2)22/h11,16-17,19-20,25H,5-10,12H2,1-4H3/t16-,17+,19-,20-/m1/s1. The van der Waals surface area contributed by atoms with Crippen LogP contribution in [0.5, 0.6) is 0 Å². The van der Waals surface area contributed by atoms with Gasteiger partial charge in [-0.15, -0.1) is 0 Å². The van der Waals surface area contributed by atoms with Crippen LogP contribution in [0.4, 0.5) is 0 Å².